The average Bonchev–Trinajstić information content (AvgIpc) is 2.76. The van der Waals surface area contributed by atoms with E-state index in [1.54, 1.807) is 37.2 Å². The van der Waals surface area contributed by atoms with E-state index >= 15 is 0 Å². The molecule has 5 nitrogen and oxygen atoms in total. The summed E-state index contributed by atoms with van der Waals surface area (Å²) in [5.41, 5.74) is 4.59. The van der Waals surface area contributed by atoms with Gasteiger partial charge in [0.05, 0.1) is 10.7 Å². The van der Waals surface area contributed by atoms with Gasteiger partial charge in [-0.15, -0.1) is 11.8 Å². The first-order chi connectivity index (χ1) is 14.9. The van der Waals surface area contributed by atoms with Crippen LogP contribution in [0.1, 0.15) is 23.6 Å². The third kappa shape index (κ3) is 9.19. The fraction of sp³-hybridized carbons (Fsp3) is 0.250. The van der Waals surface area contributed by atoms with Gasteiger partial charge in [-0.1, -0.05) is 24.8 Å². The molecule has 0 aromatic heterocycles. The summed E-state index contributed by atoms with van der Waals surface area (Å²) in [5, 5.41) is 14.3. The number of benzene rings is 2. The highest BCUT2D eigenvalue weighted by Crippen LogP contribution is 2.23. The topological polar surface area (TPSA) is 69.0 Å². The molecule has 0 saturated heterocycles. The maximum atomic E-state index is 13.3. The minimum absolute atomic E-state index is 0.187. The Morgan fingerprint density at radius 2 is 1.90 bits per heavy atom. The minimum Gasteiger partial charge on any atom is -0.400 e. The molecule has 0 bridgehead atoms. The van der Waals surface area contributed by atoms with Crippen LogP contribution in [0.2, 0.25) is 0 Å². The van der Waals surface area contributed by atoms with Crippen molar-refractivity contribution in [3.63, 3.8) is 0 Å². The quantitative estimate of drug-likeness (QED) is 0.395. The Kier molecular flexibility index (Phi) is 11.9. The number of thioether (sulfide) groups is 1. The molecule has 2 aromatic carbocycles. The lowest BCUT2D eigenvalue weighted by Gasteiger charge is -2.12. The van der Waals surface area contributed by atoms with Crippen molar-refractivity contribution in [3.8, 4) is 0 Å². The Bertz CT molecular complexity index is 955. The normalized spacial score (nSPS) is 11.7. The zero-order valence-corrected chi connectivity index (χ0v) is 19.6. The van der Waals surface area contributed by atoms with Gasteiger partial charge in [-0.25, -0.2) is 14.4 Å². The van der Waals surface area contributed by atoms with Crippen molar-refractivity contribution >= 4 is 34.1 Å². The lowest BCUT2D eigenvalue weighted by atomic mass is 10.1. The number of allylic oxidation sites excluding steroid dienone is 1. The number of halogens is 1. The van der Waals surface area contributed by atoms with E-state index in [2.05, 4.69) is 27.2 Å². The summed E-state index contributed by atoms with van der Waals surface area (Å²) in [6.45, 7) is 9.48. The average molecular weight is 443 g/mol. The Balaban J connectivity index is 0.00000233. The minimum atomic E-state index is -0.187. The van der Waals surface area contributed by atoms with E-state index in [9.17, 15) is 4.39 Å². The van der Waals surface area contributed by atoms with Gasteiger partial charge in [0.15, 0.2) is 0 Å². The van der Waals surface area contributed by atoms with Crippen LogP contribution in [0.15, 0.2) is 71.4 Å². The molecule has 2 aromatic rings. The summed E-state index contributed by atoms with van der Waals surface area (Å²) in [4.78, 5) is 8.98. The summed E-state index contributed by atoms with van der Waals surface area (Å²) in [7, 11) is 1.00. The van der Waals surface area contributed by atoms with Gasteiger partial charge in [0.25, 0.3) is 0 Å². The number of aliphatic imine (C=N–C) groups is 2. The van der Waals surface area contributed by atoms with Crippen LogP contribution in [0.25, 0.3) is 0 Å². The molecular weight excluding hydrogens is 411 g/mol. The van der Waals surface area contributed by atoms with Crippen LogP contribution >= 0.6 is 11.8 Å². The first kappa shape index (κ1) is 26.1. The Morgan fingerprint density at radius 1 is 1.16 bits per heavy atom. The maximum absolute atomic E-state index is 13.3. The third-order valence-corrected chi connectivity index (χ3v) is 4.85. The monoisotopic (exact) mass is 442 g/mol. The number of hydrogen-bond acceptors (Lipinski definition) is 4. The summed E-state index contributed by atoms with van der Waals surface area (Å²) in [5.74, 6) is 0.374. The second kappa shape index (κ2) is 14.2. The lowest BCUT2D eigenvalue weighted by molar-refractivity contribution is 0.399. The molecule has 0 radical (unpaired) electrons. The van der Waals surface area contributed by atoms with E-state index in [0.29, 0.717) is 17.9 Å². The van der Waals surface area contributed by atoms with Crippen molar-refractivity contribution in [1.29, 1.82) is 0 Å². The highest BCUT2D eigenvalue weighted by Gasteiger charge is 2.03. The molecule has 0 heterocycles. The van der Waals surface area contributed by atoms with Crippen molar-refractivity contribution in [2.24, 2.45) is 9.98 Å². The highest BCUT2D eigenvalue weighted by atomic mass is 32.2. The predicted molar refractivity (Wildman–Crippen MR) is 134 cm³/mol. The van der Waals surface area contributed by atoms with Crippen molar-refractivity contribution in [2.45, 2.75) is 27.2 Å². The van der Waals surface area contributed by atoms with Crippen molar-refractivity contribution in [2.75, 3.05) is 18.7 Å². The Labute approximate surface area is 188 Å². The summed E-state index contributed by atoms with van der Waals surface area (Å²) >= 11 is 1.63. The van der Waals surface area contributed by atoms with Crippen molar-refractivity contribution in [1.82, 2.24) is 5.32 Å². The Morgan fingerprint density at radius 3 is 2.52 bits per heavy atom. The van der Waals surface area contributed by atoms with E-state index in [1.165, 1.54) is 6.07 Å². The maximum Gasteiger partial charge on any atom is 0.204 e. The van der Waals surface area contributed by atoms with Crippen LogP contribution in [0.5, 0.6) is 0 Å². The molecule has 0 aliphatic rings. The SMILES string of the molecule is C=CNC(=N/C=C\Cc1ccc(F)c(C)c1)Nc1ccc(N=C(C)SC)cc1C.CO. The lowest BCUT2D eigenvalue weighted by Crippen LogP contribution is -2.26. The van der Waals surface area contributed by atoms with Crippen molar-refractivity contribution < 1.29 is 9.50 Å². The molecule has 0 fully saturated rings. The van der Waals surface area contributed by atoms with Crippen LogP contribution in [0.3, 0.4) is 0 Å². The van der Waals surface area contributed by atoms with E-state index < -0.39 is 0 Å². The first-order valence-corrected chi connectivity index (χ1v) is 10.9. The molecule has 0 aliphatic carbocycles. The van der Waals surface area contributed by atoms with E-state index in [-0.39, 0.29) is 5.82 Å². The van der Waals surface area contributed by atoms with Gasteiger partial charge < -0.3 is 15.7 Å². The van der Waals surface area contributed by atoms with Gasteiger partial charge >= 0.3 is 0 Å². The molecule has 0 atom stereocenters. The Hall–Kier alpha value is -2.90. The number of aliphatic hydroxyl groups excluding tert-OH is 1. The number of nitrogens with one attached hydrogen (secondary N) is 2. The van der Waals surface area contributed by atoms with Gasteiger partial charge in [-0.05, 0) is 80.6 Å². The molecule has 0 spiro atoms. The number of hydrogen-bond donors (Lipinski definition) is 3. The van der Waals surface area contributed by atoms with Crippen molar-refractivity contribution in [3.05, 3.63) is 84.0 Å². The number of rotatable bonds is 6. The van der Waals surface area contributed by atoms with Crippen LogP contribution in [-0.4, -0.2) is 29.5 Å². The van der Waals surface area contributed by atoms with Crippen LogP contribution in [-0.2, 0) is 6.42 Å². The van der Waals surface area contributed by atoms with Gasteiger partial charge in [0.2, 0.25) is 5.96 Å². The molecule has 0 unspecified atom stereocenters. The number of aryl methyl sites for hydroxylation is 2. The highest BCUT2D eigenvalue weighted by molar-refractivity contribution is 8.13. The van der Waals surface area contributed by atoms with Crippen LogP contribution in [0.4, 0.5) is 15.8 Å². The number of aliphatic hydroxyl groups is 1. The fourth-order valence-corrected chi connectivity index (χ4v) is 2.76. The molecule has 3 N–H and O–H groups in total. The number of nitrogens with zero attached hydrogens (tertiary/aromatic N) is 2. The summed E-state index contributed by atoms with van der Waals surface area (Å²) in [6.07, 6.45) is 7.89. The second-order valence-corrected chi connectivity index (χ2v) is 7.46. The van der Waals surface area contributed by atoms with E-state index in [1.807, 2.05) is 50.4 Å². The van der Waals surface area contributed by atoms with Gasteiger partial charge in [0, 0.05) is 19.0 Å². The third-order valence-electron chi connectivity index (χ3n) is 4.17. The molecule has 7 heteroatoms. The van der Waals surface area contributed by atoms with Gasteiger partial charge in [-0.3, -0.25) is 0 Å². The first-order valence-electron chi connectivity index (χ1n) is 9.70. The second-order valence-electron chi connectivity index (χ2n) is 6.46. The standard InChI is InChI=1S/C23H27FN4S.CH4O/c1-6-25-23(26-13-7-8-19-9-11-21(24)16(2)14-19)28-22-12-10-20(15-17(22)3)27-18(4)29-5;1-2/h6-7,9-15H,1,8H2,2-5H3,(H2,25,26,28);2H,1H3/b13-7-,27-18?;. The molecular formula is C24H31FN4OS. The smallest absolute Gasteiger partial charge is 0.204 e. The largest absolute Gasteiger partial charge is 0.400 e. The molecule has 0 saturated carbocycles. The summed E-state index contributed by atoms with van der Waals surface area (Å²) in [6, 6.07) is 11.1. The molecule has 0 amide bonds. The van der Waals surface area contributed by atoms with Crippen LogP contribution in [0, 0.1) is 19.7 Å². The zero-order chi connectivity index (χ0) is 23.2. The van der Waals surface area contributed by atoms with Crippen LogP contribution < -0.4 is 10.6 Å². The molecule has 166 valence electrons. The fourth-order valence-electron chi connectivity index (χ4n) is 2.56. The summed E-state index contributed by atoms with van der Waals surface area (Å²) < 4.78 is 13.3. The molecule has 31 heavy (non-hydrogen) atoms. The van der Waals surface area contributed by atoms with Gasteiger partial charge in [0.1, 0.15) is 5.82 Å². The predicted octanol–water partition coefficient (Wildman–Crippen LogP) is 5.72. The van der Waals surface area contributed by atoms with E-state index in [4.69, 9.17) is 5.11 Å². The number of guanidine groups is 1. The van der Waals surface area contributed by atoms with E-state index in [0.717, 1.165) is 34.7 Å². The zero-order valence-electron chi connectivity index (χ0n) is 18.7. The van der Waals surface area contributed by atoms with Gasteiger partial charge in [-0.2, -0.15) is 0 Å². The number of anilines is 1. The molecule has 0 aliphatic heterocycles. The molecule has 2 rings (SSSR count).